The standard InChI is InChI=1S/C26H34O7/c1-15(27)33-20-13-25(30)21(23(2)9-6-17(28)12-19(20)23)8-10-24(3)18(7-11-26(24,25)31)16-4-5-22(29)32-14-16/h4-5,12,14,17-18,20-21,28,30-31H,6-11,13H2,1-3H3/t17-,18+,20+,21+,23-,24+,25-,26+/m0/s1. The molecule has 33 heavy (non-hydrogen) atoms. The van der Waals surface area contributed by atoms with Gasteiger partial charge in [0.15, 0.2) is 0 Å². The Morgan fingerprint density at radius 3 is 2.55 bits per heavy atom. The lowest BCUT2D eigenvalue weighted by atomic mass is 9.42. The van der Waals surface area contributed by atoms with Gasteiger partial charge in [-0.2, -0.15) is 0 Å². The summed E-state index contributed by atoms with van der Waals surface area (Å²) in [7, 11) is 0. The molecule has 5 rings (SSSR count). The molecule has 0 amide bonds. The Hall–Kier alpha value is -1.96. The number of hydrogen-bond acceptors (Lipinski definition) is 7. The van der Waals surface area contributed by atoms with Crippen molar-refractivity contribution >= 4 is 5.97 Å². The zero-order valence-corrected chi connectivity index (χ0v) is 19.5. The molecule has 3 fully saturated rings. The summed E-state index contributed by atoms with van der Waals surface area (Å²) >= 11 is 0. The van der Waals surface area contributed by atoms with E-state index in [4.69, 9.17) is 9.15 Å². The van der Waals surface area contributed by atoms with Crippen LogP contribution in [0.15, 0.2) is 39.3 Å². The summed E-state index contributed by atoms with van der Waals surface area (Å²) in [5.41, 5.74) is -2.66. The molecule has 0 aliphatic heterocycles. The Morgan fingerprint density at radius 2 is 1.88 bits per heavy atom. The van der Waals surface area contributed by atoms with Crippen LogP contribution in [-0.4, -0.2) is 44.7 Å². The maximum absolute atomic E-state index is 12.4. The van der Waals surface area contributed by atoms with Crippen LogP contribution in [0.2, 0.25) is 0 Å². The van der Waals surface area contributed by atoms with E-state index in [0.717, 1.165) is 11.1 Å². The van der Waals surface area contributed by atoms with Gasteiger partial charge in [-0.1, -0.05) is 19.9 Å². The molecule has 0 bridgehead atoms. The molecule has 0 aromatic carbocycles. The average molecular weight is 459 g/mol. The topological polar surface area (TPSA) is 117 Å². The van der Waals surface area contributed by atoms with Crippen LogP contribution >= 0.6 is 0 Å². The Bertz CT molecular complexity index is 1040. The Labute approximate surface area is 193 Å². The first kappa shape index (κ1) is 22.8. The number of carbonyl (C=O) groups is 1. The number of hydrogen-bond donors (Lipinski definition) is 3. The third-order valence-electron chi connectivity index (χ3n) is 9.79. The molecule has 1 heterocycles. The zero-order valence-electron chi connectivity index (χ0n) is 19.5. The van der Waals surface area contributed by atoms with E-state index in [-0.39, 0.29) is 18.3 Å². The molecule has 0 spiro atoms. The van der Waals surface area contributed by atoms with E-state index < -0.39 is 45.8 Å². The van der Waals surface area contributed by atoms with Gasteiger partial charge in [0.1, 0.15) is 11.7 Å². The molecule has 7 heteroatoms. The number of ether oxygens (including phenoxy) is 1. The zero-order chi connectivity index (χ0) is 23.8. The van der Waals surface area contributed by atoms with Gasteiger partial charge in [-0.15, -0.1) is 0 Å². The number of esters is 1. The Balaban J connectivity index is 1.60. The number of aliphatic hydroxyl groups is 3. The van der Waals surface area contributed by atoms with Crippen LogP contribution < -0.4 is 5.63 Å². The van der Waals surface area contributed by atoms with E-state index in [2.05, 4.69) is 6.92 Å². The number of fused-ring (bicyclic) bond motifs is 5. The van der Waals surface area contributed by atoms with Crippen LogP contribution in [0.4, 0.5) is 0 Å². The predicted octanol–water partition coefficient (Wildman–Crippen LogP) is 2.82. The molecule has 0 radical (unpaired) electrons. The second kappa shape index (κ2) is 7.27. The Morgan fingerprint density at radius 1 is 1.12 bits per heavy atom. The highest BCUT2D eigenvalue weighted by molar-refractivity contribution is 5.66. The SMILES string of the molecule is CC(=O)O[C@@H]1C[C@]2(O)[C@H](CC[C@]3(C)[C@@H](c4ccc(=O)oc4)CC[C@@]32O)[C@@]2(C)CC[C@H](O)C=C12. The molecule has 0 saturated heterocycles. The molecular formula is C26H34O7. The molecule has 3 N–H and O–H groups in total. The Kier molecular flexibility index (Phi) is 5.02. The minimum absolute atomic E-state index is 0.0677. The van der Waals surface area contributed by atoms with Crippen molar-refractivity contribution in [2.24, 2.45) is 16.7 Å². The second-order valence-electron chi connectivity index (χ2n) is 11.2. The highest BCUT2D eigenvalue weighted by Crippen LogP contribution is 2.71. The summed E-state index contributed by atoms with van der Waals surface area (Å²) in [4.78, 5) is 23.5. The van der Waals surface area contributed by atoms with Gasteiger partial charge >= 0.3 is 11.6 Å². The monoisotopic (exact) mass is 458 g/mol. The third kappa shape index (κ3) is 2.98. The molecule has 1 aromatic rings. The minimum atomic E-state index is -1.46. The maximum atomic E-state index is 12.4. The van der Waals surface area contributed by atoms with E-state index in [9.17, 15) is 24.9 Å². The van der Waals surface area contributed by atoms with Crippen LogP contribution in [0.3, 0.4) is 0 Å². The van der Waals surface area contributed by atoms with Crippen molar-refractivity contribution in [3.05, 3.63) is 46.0 Å². The van der Waals surface area contributed by atoms with Gasteiger partial charge in [0.25, 0.3) is 0 Å². The largest absolute Gasteiger partial charge is 0.458 e. The molecular weight excluding hydrogens is 424 g/mol. The van der Waals surface area contributed by atoms with E-state index >= 15 is 0 Å². The number of aliphatic hydroxyl groups excluding tert-OH is 1. The molecule has 0 unspecified atom stereocenters. The lowest BCUT2D eigenvalue weighted by Crippen LogP contribution is -2.73. The van der Waals surface area contributed by atoms with Crippen molar-refractivity contribution in [2.45, 2.75) is 95.0 Å². The molecule has 8 atom stereocenters. The lowest BCUT2D eigenvalue weighted by Gasteiger charge is -2.66. The molecule has 1 aromatic heterocycles. The summed E-state index contributed by atoms with van der Waals surface area (Å²) in [6.45, 7) is 5.46. The highest BCUT2D eigenvalue weighted by atomic mass is 16.5. The first-order valence-corrected chi connectivity index (χ1v) is 12.1. The van der Waals surface area contributed by atoms with Crippen molar-refractivity contribution in [2.75, 3.05) is 0 Å². The summed E-state index contributed by atoms with van der Waals surface area (Å²) in [5.74, 6) is -0.734. The van der Waals surface area contributed by atoms with E-state index in [1.54, 1.807) is 12.1 Å². The van der Waals surface area contributed by atoms with Gasteiger partial charge in [-0.3, -0.25) is 4.79 Å². The van der Waals surface area contributed by atoms with Crippen LogP contribution in [-0.2, 0) is 9.53 Å². The van der Waals surface area contributed by atoms with Crippen molar-refractivity contribution in [3.8, 4) is 0 Å². The van der Waals surface area contributed by atoms with Gasteiger partial charge < -0.3 is 24.5 Å². The van der Waals surface area contributed by atoms with Crippen LogP contribution in [0, 0.1) is 16.7 Å². The molecule has 4 aliphatic rings. The van der Waals surface area contributed by atoms with Crippen molar-refractivity contribution in [3.63, 3.8) is 0 Å². The maximum Gasteiger partial charge on any atom is 0.335 e. The fourth-order valence-corrected chi connectivity index (χ4v) is 8.19. The van der Waals surface area contributed by atoms with E-state index in [1.807, 2.05) is 6.92 Å². The molecule has 4 aliphatic carbocycles. The second-order valence-corrected chi connectivity index (χ2v) is 11.2. The molecule has 180 valence electrons. The van der Waals surface area contributed by atoms with Crippen LogP contribution in [0.1, 0.15) is 77.2 Å². The van der Waals surface area contributed by atoms with Crippen molar-refractivity contribution < 1.29 is 29.3 Å². The predicted molar refractivity (Wildman–Crippen MR) is 119 cm³/mol. The van der Waals surface area contributed by atoms with E-state index in [0.29, 0.717) is 38.5 Å². The summed E-state index contributed by atoms with van der Waals surface area (Å²) < 4.78 is 10.8. The lowest BCUT2D eigenvalue weighted by molar-refractivity contribution is -0.285. The number of rotatable bonds is 2. The summed E-state index contributed by atoms with van der Waals surface area (Å²) in [6, 6.07) is 3.16. The van der Waals surface area contributed by atoms with Crippen molar-refractivity contribution in [1.82, 2.24) is 0 Å². The third-order valence-corrected chi connectivity index (χ3v) is 9.79. The normalized spacial score (nSPS) is 46.5. The smallest absolute Gasteiger partial charge is 0.335 e. The first-order chi connectivity index (χ1) is 15.4. The summed E-state index contributed by atoms with van der Waals surface area (Å²) in [5, 5.41) is 35.1. The number of carbonyl (C=O) groups excluding carboxylic acids is 1. The average Bonchev–Trinajstić information content (AvgIpc) is 3.02. The van der Waals surface area contributed by atoms with Gasteiger partial charge in [0.05, 0.1) is 18.0 Å². The fourth-order valence-electron chi connectivity index (χ4n) is 8.19. The highest BCUT2D eigenvalue weighted by Gasteiger charge is 2.74. The van der Waals surface area contributed by atoms with Gasteiger partial charge in [-0.05, 0) is 73.0 Å². The van der Waals surface area contributed by atoms with Gasteiger partial charge in [-0.25, -0.2) is 4.79 Å². The van der Waals surface area contributed by atoms with Crippen LogP contribution in [0.25, 0.3) is 0 Å². The van der Waals surface area contributed by atoms with Gasteiger partial charge in [0.2, 0.25) is 0 Å². The minimum Gasteiger partial charge on any atom is -0.458 e. The molecule has 7 nitrogen and oxygen atoms in total. The van der Waals surface area contributed by atoms with Crippen molar-refractivity contribution in [1.29, 1.82) is 0 Å². The quantitative estimate of drug-likeness (QED) is 0.461. The van der Waals surface area contributed by atoms with Crippen LogP contribution in [0.5, 0.6) is 0 Å². The summed E-state index contributed by atoms with van der Waals surface area (Å²) in [6.07, 6.45) is 5.81. The fraction of sp³-hybridized carbons (Fsp3) is 0.692. The first-order valence-electron chi connectivity index (χ1n) is 12.1. The van der Waals surface area contributed by atoms with E-state index in [1.165, 1.54) is 19.3 Å². The van der Waals surface area contributed by atoms with Gasteiger partial charge in [0, 0.05) is 24.8 Å². The molecule has 3 saturated carbocycles.